The number of alkyl halides is 3. The van der Waals surface area contributed by atoms with Crippen LogP contribution in [0.15, 0.2) is 54.6 Å². The number of benzene rings is 2. The number of anilines is 1. The van der Waals surface area contributed by atoms with Gasteiger partial charge >= 0.3 is 6.36 Å². The molecule has 0 saturated carbocycles. The summed E-state index contributed by atoms with van der Waals surface area (Å²) in [4.78, 5) is 7.08. The van der Waals surface area contributed by atoms with Gasteiger partial charge in [0, 0.05) is 18.5 Å². The largest absolute Gasteiger partial charge is 0.573 e. The van der Waals surface area contributed by atoms with Crippen LogP contribution in [0.25, 0.3) is 22.0 Å². The molecule has 0 amide bonds. The van der Waals surface area contributed by atoms with Gasteiger partial charge in [0.1, 0.15) is 11.6 Å². The third kappa shape index (κ3) is 4.15. The average Bonchev–Trinajstić information content (AvgIpc) is 2.67. The van der Waals surface area contributed by atoms with Gasteiger partial charge in [-0.05, 0) is 66.8 Å². The fraction of sp³-hybridized carbons (Fsp3) is 0.286. The molecule has 0 spiro atoms. The number of halogens is 3. The Morgan fingerprint density at radius 2 is 1.52 bits per heavy atom. The van der Waals surface area contributed by atoms with Gasteiger partial charge in [0.25, 0.3) is 0 Å². The van der Waals surface area contributed by atoms with E-state index in [2.05, 4.69) is 15.7 Å². The Morgan fingerprint density at radius 1 is 0.815 bits per heavy atom. The molecule has 2 aromatic carbocycles. The lowest BCUT2D eigenvalue weighted by molar-refractivity contribution is -0.274. The number of rotatable bonds is 3. The molecular weight excluding hydrogens is 353 g/mol. The van der Waals surface area contributed by atoms with Crippen molar-refractivity contribution in [2.45, 2.75) is 25.6 Å². The molecule has 2 heterocycles. The molecule has 1 aromatic heterocycles. The molecular formula is C21H19F3N2O. The van der Waals surface area contributed by atoms with Crippen molar-refractivity contribution in [1.82, 2.24) is 4.98 Å². The van der Waals surface area contributed by atoms with E-state index in [1.54, 1.807) is 12.1 Å². The molecule has 6 heteroatoms. The van der Waals surface area contributed by atoms with Crippen molar-refractivity contribution in [3.05, 3.63) is 54.6 Å². The summed E-state index contributed by atoms with van der Waals surface area (Å²) >= 11 is 0. The van der Waals surface area contributed by atoms with Gasteiger partial charge in [-0.15, -0.1) is 13.2 Å². The third-order valence-electron chi connectivity index (χ3n) is 4.78. The number of fused-ring (bicyclic) bond motifs is 1. The van der Waals surface area contributed by atoms with Crippen molar-refractivity contribution in [3.8, 4) is 16.9 Å². The standard InChI is InChI=1S/C21H19F3N2O/c22-21(23,24)27-18-8-4-15(5-9-18)16-6-10-19-17(14-16)7-11-20(25-19)26-12-2-1-3-13-26/h4-11,14H,1-3,12-13H2. The quantitative estimate of drug-likeness (QED) is 0.582. The number of pyridine rings is 1. The van der Waals surface area contributed by atoms with Crippen LogP contribution in [0.1, 0.15) is 19.3 Å². The zero-order valence-electron chi connectivity index (χ0n) is 14.7. The Bertz CT molecular complexity index is 932. The van der Waals surface area contributed by atoms with Crippen molar-refractivity contribution in [1.29, 1.82) is 0 Å². The summed E-state index contributed by atoms with van der Waals surface area (Å²) in [7, 11) is 0. The molecule has 3 aromatic rings. The third-order valence-corrected chi connectivity index (χ3v) is 4.78. The van der Waals surface area contributed by atoms with Crippen LogP contribution in [0.4, 0.5) is 19.0 Å². The zero-order valence-corrected chi connectivity index (χ0v) is 14.7. The number of hydrogen-bond acceptors (Lipinski definition) is 3. The Balaban J connectivity index is 1.58. The molecule has 0 atom stereocenters. The van der Waals surface area contributed by atoms with E-state index < -0.39 is 6.36 Å². The first-order valence-electron chi connectivity index (χ1n) is 9.00. The van der Waals surface area contributed by atoms with Gasteiger partial charge in [-0.3, -0.25) is 0 Å². The molecule has 0 unspecified atom stereocenters. The number of aromatic nitrogens is 1. The molecule has 3 nitrogen and oxygen atoms in total. The molecule has 0 bridgehead atoms. The highest BCUT2D eigenvalue weighted by molar-refractivity contribution is 5.85. The van der Waals surface area contributed by atoms with Gasteiger partial charge in [0.2, 0.25) is 0 Å². The molecule has 0 radical (unpaired) electrons. The molecule has 1 fully saturated rings. The van der Waals surface area contributed by atoms with E-state index in [4.69, 9.17) is 4.98 Å². The predicted octanol–water partition coefficient (Wildman–Crippen LogP) is 5.79. The summed E-state index contributed by atoms with van der Waals surface area (Å²) in [6.07, 6.45) is -0.998. The maximum Gasteiger partial charge on any atom is 0.573 e. The van der Waals surface area contributed by atoms with Crippen LogP contribution in [-0.2, 0) is 0 Å². The van der Waals surface area contributed by atoms with E-state index in [9.17, 15) is 13.2 Å². The molecule has 0 aliphatic carbocycles. The van der Waals surface area contributed by atoms with Crippen LogP contribution >= 0.6 is 0 Å². The lowest BCUT2D eigenvalue weighted by Crippen LogP contribution is -2.30. The van der Waals surface area contributed by atoms with Crippen molar-refractivity contribution in [2.24, 2.45) is 0 Å². The highest BCUT2D eigenvalue weighted by Crippen LogP contribution is 2.29. The van der Waals surface area contributed by atoms with Gasteiger partial charge in [-0.2, -0.15) is 0 Å². The van der Waals surface area contributed by atoms with Gasteiger partial charge in [0.15, 0.2) is 0 Å². The summed E-state index contributed by atoms with van der Waals surface area (Å²) < 4.78 is 40.7. The highest BCUT2D eigenvalue weighted by atomic mass is 19.4. The van der Waals surface area contributed by atoms with Crippen molar-refractivity contribution in [2.75, 3.05) is 18.0 Å². The number of nitrogens with zero attached hydrogens (tertiary/aromatic N) is 2. The second-order valence-corrected chi connectivity index (χ2v) is 6.70. The Morgan fingerprint density at radius 3 is 2.22 bits per heavy atom. The Kier molecular flexibility index (Phi) is 4.64. The first kappa shape index (κ1) is 17.6. The van der Waals surface area contributed by atoms with E-state index in [0.717, 1.165) is 40.9 Å². The second-order valence-electron chi connectivity index (χ2n) is 6.70. The fourth-order valence-corrected chi connectivity index (χ4v) is 3.44. The topological polar surface area (TPSA) is 25.4 Å². The Labute approximate surface area is 155 Å². The molecule has 1 aliphatic rings. The minimum absolute atomic E-state index is 0.222. The van der Waals surface area contributed by atoms with Gasteiger partial charge in [-0.1, -0.05) is 18.2 Å². The van der Waals surface area contributed by atoms with Crippen LogP contribution in [0, 0.1) is 0 Å². The highest BCUT2D eigenvalue weighted by Gasteiger charge is 2.30. The minimum Gasteiger partial charge on any atom is -0.406 e. The maximum absolute atomic E-state index is 12.3. The van der Waals surface area contributed by atoms with Crippen molar-refractivity contribution >= 4 is 16.7 Å². The van der Waals surface area contributed by atoms with Crippen LogP contribution in [0.3, 0.4) is 0 Å². The van der Waals surface area contributed by atoms with Gasteiger partial charge in [0.05, 0.1) is 5.52 Å². The smallest absolute Gasteiger partial charge is 0.406 e. The monoisotopic (exact) mass is 372 g/mol. The van der Waals surface area contributed by atoms with Crippen LogP contribution in [0.2, 0.25) is 0 Å². The van der Waals surface area contributed by atoms with E-state index in [-0.39, 0.29) is 5.75 Å². The number of hydrogen-bond donors (Lipinski definition) is 0. The Hall–Kier alpha value is -2.76. The fourth-order valence-electron chi connectivity index (χ4n) is 3.44. The first-order valence-corrected chi connectivity index (χ1v) is 9.00. The summed E-state index contributed by atoms with van der Waals surface area (Å²) in [5, 5.41) is 1.00. The maximum atomic E-state index is 12.3. The normalized spacial score (nSPS) is 15.1. The summed E-state index contributed by atoms with van der Waals surface area (Å²) in [6.45, 7) is 2.09. The van der Waals surface area contributed by atoms with Crippen molar-refractivity contribution in [3.63, 3.8) is 0 Å². The van der Waals surface area contributed by atoms with E-state index in [1.807, 2.05) is 24.3 Å². The molecule has 1 aliphatic heterocycles. The van der Waals surface area contributed by atoms with Crippen LogP contribution in [0.5, 0.6) is 5.75 Å². The molecule has 27 heavy (non-hydrogen) atoms. The lowest BCUT2D eigenvalue weighted by Gasteiger charge is -2.27. The second kappa shape index (κ2) is 7.10. The minimum atomic E-state index is -4.68. The number of ether oxygens (including phenoxy) is 1. The van der Waals surface area contributed by atoms with Gasteiger partial charge < -0.3 is 9.64 Å². The van der Waals surface area contributed by atoms with Gasteiger partial charge in [-0.25, -0.2) is 4.98 Å². The summed E-state index contributed by atoms with van der Waals surface area (Å²) in [5.74, 6) is 0.781. The average molecular weight is 372 g/mol. The number of piperidine rings is 1. The summed E-state index contributed by atoms with van der Waals surface area (Å²) in [6, 6.07) is 15.9. The zero-order chi connectivity index (χ0) is 18.9. The van der Waals surface area contributed by atoms with Crippen LogP contribution < -0.4 is 9.64 Å². The molecule has 1 saturated heterocycles. The SMILES string of the molecule is FC(F)(F)Oc1ccc(-c2ccc3nc(N4CCCCC4)ccc3c2)cc1. The van der Waals surface area contributed by atoms with Crippen LogP contribution in [-0.4, -0.2) is 24.4 Å². The van der Waals surface area contributed by atoms with Crippen molar-refractivity contribution < 1.29 is 17.9 Å². The predicted molar refractivity (Wildman–Crippen MR) is 99.9 cm³/mol. The van der Waals surface area contributed by atoms with E-state index >= 15 is 0 Å². The summed E-state index contributed by atoms with van der Waals surface area (Å²) in [5.41, 5.74) is 2.67. The first-order chi connectivity index (χ1) is 13.0. The molecule has 0 N–H and O–H groups in total. The van der Waals surface area contributed by atoms with E-state index in [1.165, 1.54) is 31.4 Å². The molecule has 4 rings (SSSR count). The lowest BCUT2D eigenvalue weighted by atomic mass is 10.0. The van der Waals surface area contributed by atoms with E-state index in [0.29, 0.717) is 0 Å². The molecule has 140 valence electrons.